The van der Waals surface area contributed by atoms with Crippen molar-refractivity contribution in [2.45, 2.75) is 65.5 Å². The molecule has 1 amide bonds. The summed E-state index contributed by atoms with van der Waals surface area (Å²) in [6, 6.07) is 0.0720. The molecule has 0 aromatic carbocycles. The van der Waals surface area contributed by atoms with E-state index >= 15 is 0 Å². The molecular formula is C18H33N3O2. The summed E-state index contributed by atoms with van der Waals surface area (Å²) in [6.45, 7) is 13.9. The molecule has 132 valence electrons. The molecule has 0 unspecified atom stereocenters. The third-order valence-corrected chi connectivity index (χ3v) is 4.48. The van der Waals surface area contributed by atoms with Crippen molar-refractivity contribution in [1.29, 1.82) is 0 Å². The van der Waals surface area contributed by atoms with E-state index in [4.69, 9.17) is 0 Å². The Kier molecular flexibility index (Phi) is 8.31. The Bertz CT molecular complexity index is 420. The molecule has 1 aliphatic heterocycles. The molecular weight excluding hydrogens is 290 g/mol. The van der Waals surface area contributed by atoms with Crippen LogP contribution in [0.5, 0.6) is 0 Å². The van der Waals surface area contributed by atoms with Crippen LogP contribution in [0.1, 0.15) is 53.4 Å². The maximum absolute atomic E-state index is 12.3. The van der Waals surface area contributed by atoms with Crippen LogP contribution in [0.15, 0.2) is 12.3 Å². The number of nitrogens with zero attached hydrogens (tertiary/aromatic N) is 1. The van der Waals surface area contributed by atoms with Crippen LogP contribution in [-0.4, -0.2) is 48.3 Å². The van der Waals surface area contributed by atoms with Gasteiger partial charge in [0.1, 0.15) is 5.78 Å². The summed E-state index contributed by atoms with van der Waals surface area (Å²) >= 11 is 0. The lowest BCUT2D eigenvalue weighted by atomic mass is 10.0. The number of rotatable bonds is 9. The Morgan fingerprint density at radius 2 is 2.00 bits per heavy atom. The van der Waals surface area contributed by atoms with Crippen LogP contribution >= 0.6 is 0 Å². The summed E-state index contributed by atoms with van der Waals surface area (Å²) in [4.78, 5) is 26.4. The Hall–Kier alpha value is -1.36. The van der Waals surface area contributed by atoms with Crippen LogP contribution in [0.2, 0.25) is 0 Å². The largest absolute Gasteiger partial charge is 0.373 e. The highest BCUT2D eigenvalue weighted by Gasteiger charge is 2.25. The van der Waals surface area contributed by atoms with E-state index in [0.717, 1.165) is 12.2 Å². The van der Waals surface area contributed by atoms with Gasteiger partial charge in [0.15, 0.2) is 0 Å². The van der Waals surface area contributed by atoms with Crippen LogP contribution in [-0.2, 0) is 9.59 Å². The van der Waals surface area contributed by atoms with Crippen LogP contribution in [0, 0.1) is 5.92 Å². The highest BCUT2D eigenvalue weighted by Crippen LogP contribution is 2.22. The summed E-state index contributed by atoms with van der Waals surface area (Å²) < 4.78 is 0. The molecule has 23 heavy (non-hydrogen) atoms. The molecule has 0 bridgehead atoms. The summed E-state index contributed by atoms with van der Waals surface area (Å²) in [5.74, 6) is 0.0359. The van der Waals surface area contributed by atoms with Gasteiger partial charge < -0.3 is 10.2 Å². The topological polar surface area (TPSA) is 61.4 Å². The van der Waals surface area contributed by atoms with Gasteiger partial charge in [-0.2, -0.15) is 0 Å². The number of hydrogen-bond donors (Lipinski definition) is 2. The number of likely N-dealkylation sites (tertiary alicyclic amines) is 1. The SMILES string of the molecule is C=C(C[C@H](NCC(=O)C(C)C)C(=O)NCC)N1CCCC[C@@H]1C. The van der Waals surface area contributed by atoms with Gasteiger partial charge in [-0.1, -0.05) is 20.4 Å². The minimum absolute atomic E-state index is 0.0253. The number of piperidine rings is 1. The van der Waals surface area contributed by atoms with Crippen molar-refractivity contribution in [1.82, 2.24) is 15.5 Å². The second-order valence-corrected chi connectivity index (χ2v) is 6.76. The fourth-order valence-corrected chi connectivity index (χ4v) is 2.90. The van der Waals surface area contributed by atoms with Crippen molar-refractivity contribution >= 4 is 11.7 Å². The molecule has 0 aromatic rings. The van der Waals surface area contributed by atoms with Gasteiger partial charge in [-0.05, 0) is 33.1 Å². The maximum atomic E-state index is 12.3. The third kappa shape index (κ3) is 6.34. The predicted octanol–water partition coefficient (Wildman–Crippen LogP) is 2.08. The van der Waals surface area contributed by atoms with E-state index < -0.39 is 6.04 Å². The lowest BCUT2D eigenvalue weighted by Gasteiger charge is -2.37. The molecule has 1 rings (SSSR count). The van der Waals surface area contributed by atoms with E-state index in [1.54, 1.807) is 0 Å². The average molecular weight is 323 g/mol. The number of ketones is 1. The van der Waals surface area contributed by atoms with E-state index in [2.05, 4.69) is 29.0 Å². The monoisotopic (exact) mass is 323 g/mol. The molecule has 1 aliphatic rings. The predicted molar refractivity (Wildman–Crippen MR) is 94.1 cm³/mol. The summed E-state index contributed by atoms with van der Waals surface area (Å²) in [7, 11) is 0. The number of likely N-dealkylation sites (N-methyl/N-ethyl adjacent to an activating group) is 1. The first kappa shape index (κ1) is 19.7. The first-order chi connectivity index (χ1) is 10.9. The number of amides is 1. The average Bonchev–Trinajstić information content (AvgIpc) is 2.51. The zero-order valence-electron chi connectivity index (χ0n) is 15.2. The Morgan fingerprint density at radius 1 is 1.30 bits per heavy atom. The van der Waals surface area contributed by atoms with Crippen LogP contribution in [0.4, 0.5) is 0 Å². The molecule has 0 aromatic heterocycles. The minimum atomic E-state index is -0.403. The van der Waals surface area contributed by atoms with Gasteiger partial charge in [-0.3, -0.25) is 14.9 Å². The van der Waals surface area contributed by atoms with Gasteiger partial charge in [-0.15, -0.1) is 0 Å². The van der Waals surface area contributed by atoms with E-state index in [1.165, 1.54) is 19.3 Å². The quantitative estimate of drug-likeness (QED) is 0.682. The number of Topliss-reactive ketones (excluding diaryl/α,β-unsaturated/α-hetero) is 1. The number of hydrogen-bond acceptors (Lipinski definition) is 4. The smallest absolute Gasteiger partial charge is 0.237 e. The minimum Gasteiger partial charge on any atom is -0.373 e. The Balaban J connectivity index is 2.65. The molecule has 2 atom stereocenters. The van der Waals surface area contributed by atoms with Gasteiger partial charge in [0, 0.05) is 37.2 Å². The molecule has 0 saturated carbocycles. The summed E-state index contributed by atoms with van der Waals surface area (Å²) in [6.07, 6.45) is 4.14. The van der Waals surface area contributed by atoms with Gasteiger partial charge in [-0.25, -0.2) is 0 Å². The van der Waals surface area contributed by atoms with Gasteiger partial charge in [0.25, 0.3) is 0 Å². The maximum Gasteiger partial charge on any atom is 0.237 e. The molecule has 1 saturated heterocycles. The molecule has 1 heterocycles. The van der Waals surface area contributed by atoms with Crippen molar-refractivity contribution in [3.63, 3.8) is 0 Å². The van der Waals surface area contributed by atoms with Crippen LogP contribution < -0.4 is 10.6 Å². The van der Waals surface area contributed by atoms with E-state index in [-0.39, 0.29) is 24.2 Å². The molecule has 1 fully saturated rings. The normalized spacial score (nSPS) is 19.5. The molecule has 0 radical (unpaired) electrons. The van der Waals surface area contributed by atoms with Gasteiger partial charge in [0.2, 0.25) is 5.91 Å². The van der Waals surface area contributed by atoms with Crippen molar-refractivity contribution in [3.05, 3.63) is 12.3 Å². The Labute approximate surface area is 140 Å². The number of carbonyl (C=O) groups is 2. The highest BCUT2D eigenvalue weighted by molar-refractivity contribution is 5.85. The summed E-state index contributed by atoms with van der Waals surface area (Å²) in [5, 5.41) is 5.97. The zero-order chi connectivity index (χ0) is 17.4. The number of nitrogens with one attached hydrogen (secondary N) is 2. The van der Waals surface area contributed by atoms with Crippen molar-refractivity contribution in [3.8, 4) is 0 Å². The third-order valence-electron chi connectivity index (χ3n) is 4.48. The Morgan fingerprint density at radius 3 is 2.57 bits per heavy atom. The zero-order valence-corrected chi connectivity index (χ0v) is 15.2. The molecule has 2 N–H and O–H groups in total. The summed E-state index contributed by atoms with van der Waals surface area (Å²) in [5.41, 5.74) is 0.984. The lowest BCUT2D eigenvalue weighted by Crippen LogP contribution is -2.48. The van der Waals surface area contributed by atoms with Crippen molar-refractivity contribution < 1.29 is 9.59 Å². The second kappa shape index (κ2) is 9.71. The van der Waals surface area contributed by atoms with Crippen molar-refractivity contribution in [2.24, 2.45) is 5.92 Å². The van der Waals surface area contributed by atoms with Crippen LogP contribution in [0.3, 0.4) is 0 Å². The fourth-order valence-electron chi connectivity index (χ4n) is 2.90. The molecule has 5 heteroatoms. The van der Waals surface area contributed by atoms with Crippen LogP contribution in [0.25, 0.3) is 0 Å². The first-order valence-corrected chi connectivity index (χ1v) is 8.85. The second-order valence-electron chi connectivity index (χ2n) is 6.76. The standard InChI is InChI=1S/C18H33N3O2/c1-6-19-18(23)16(20-12-17(22)13(2)3)11-15(5)21-10-8-7-9-14(21)4/h13-14,16,20H,5-12H2,1-4H3,(H,19,23)/t14-,16-/m0/s1. The van der Waals surface area contributed by atoms with E-state index in [1.807, 2.05) is 20.8 Å². The lowest BCUT2D eigenvalue weighted by molar-refractivity contribution is -0.124. The highest BCUT2D eigenvalue weighted by atomic mass is 16.2. The fraction of sp³-hybridized carbons (Fsp3) is 0.778. The van der Waals surface area contributed by atoms with Gasteiger partial charge >= 0.3 is 0 Å². The first-order valence-electron chi connectivity index (χ1n) is 8.85. The molecule has 0 spiro atoms. The van der Waals surface area contributed by atoms with E-state index in [9.17, 15) is 9.59 Å². The van der Waals surface area contributed by atoms with E-state index in [0.29, 0.717) is 19.0 Å². The number of carbonyl (C=O) groups excluding carboxylic acids is 2. The van der Waals surface area contributed by atoms with Crippen molar-refractivity contribution in [2.75, 3.05) is 19.6 Å². The molecule has 0 aliphatic carbocycles. The molecule has 5 nitrogen and oxygen atoms in total. The van der Waals surface area contributed by atoms with Gasteiger partial charge in [0.05, 0.1) is 12.6 Å².